The molecule has 0 saturated heterocycles. The average molecular weight is 703 g/mol. The number of amides is 2. The van der Waals surface area contributed by atoms with Gasteiger partial charge in [0.05, 0.1) is 21.8 Å². The summed E-state index contributed by atoms with van der Waals surface area (Å²) in [5, 5.41) is 6.46. The van der Waals surface area contributed by atoms with Gasteiger partial charge in [-0.15, -0.1) is 0 Å². The Morgan fingerprint density at radius 1 is 0.833 bits per heavy atom. The van der Waals surface area contributed by atoms with Crippen molar-refractivity contribution in [1.82, 2.24) is 5.43 Å². The number of hydrazone groups is 1. The number of hydrogen-bond acceptors (Lipinski definition) is 5. The highest BCUT2D eigenvalue weighted by Gasteiger charge is 2.31. The zero-order valence-electron chi connectivity index (χ0n) is 21.6. The Bertz CT molecular complexity index is 1710. The van der Waals surface area contributed by atoms with Crippen molar-refractivity contribution >= 4 is 61.5 Å². The van der Waals surface area contributed by atoms with Gasteiger partial charge in [-0.1, -0.05) is 45.8 Å². The molecular weight excluding hydrogens is 683 g/mol. The van der Waals surface area contributed by atoms with Crippen LogP contribution in [0.5, 0.6) is 5.75 Å². The van der Waals surface area contributed by atoms with Crippen molar-refractivity contribution in [2.75, 3.05) is 5.32 Å². The minimum atomic E-state index is -4.59. The molecule has 4 aromatic rings. The van der Waals surface area contributed by atoms with E-state index in [4.69, 9.17) is 4.74 Å². The largest absolute Gasteiger partial charge is 0.421 e. The van der Waals surface area contributed by atoms with Gasteiger partial charge in [0.2, 0.25) is 0 Å². The van der Waals surface area contributed by atoms with Crippen LogP contribution in [0.25, 0.3) is 0 Å². The Labute approximate surface area is 255 Å². The molecule has 4 rings (SSSR count). The summed E-state index contributed by atoms with van der Waals surface area (Å²) >= 11 is 6.76. The first-order valence-corrected chi connectivity index (χ1v) is 13.7. The van der Waals surface area contributed by atoms with Crippen LogP contribution in [0.3, 0.4) is 0 Å². The third-order valence-corrected chi connectivity index (χ3v) is 6.74. The SMILES string of the molecule is Cc1cccc(C(=O)Oc2c(Br)cc(Br)cc2C=NNC(=O)c2cccc(NC(=O)c3cccc(C(F)(F)F)c3)c2)c1. The highest BCUT2D eigenvalue weighted by Crippen LogP contribution is 2.33. The smallest absolute Gasteiger partial charge is 0.416 e. The molecule has 12 heteroatoms. The number of carbonyl (C=O) groups is 3. The Morgan fingerprint density at radius 3 is 2.21 bits per heavy atom. The summed E-state index contributed by atoms with van der Waals surface area (Å²) in [6.07, 6.45) is -3.30. The second kappa shape index (κ2) is 13.1. The number of benzene rings is 4. The topological polar surface area (TPSA) is 96.9 Å². The molecule has 0 saturated carbocycles. The highest BCUT2D eigenvalue weighted by molar-refractivity contribution is 9.11. The van der Waals surface area contributed by atoms with E-state index < -0.39 is 29.5 Å². The molecule has 2 amide bonds. The van der Waals surface area contributed by atoms with Gasteiger partial charge >= 0.3 is 12.1 Å². The van der Waals surface area contributed by atoms with Gasteiger partial charge in [0, 0.05) is 26.9 Å². The number of nitrogens with one attached hydrogen (secondary N) is 2. The fourth-order valence-corrected chi connectivity index (χ4v) is 5.05. The number of hydrogen-bond donors (Lipinski definition) is 2. The molecule has 0 bridgehead atoms. The Kier molecular flexibility index (Phi) is 9.59. The molecule has 7 nitrogen and oxygen atoms in total. The predicted molar refractivity (Wildman–Crippen MR) is 159 cm³/mol. The maximum Gasteiger partial charge on any atom is 0.416 e. The maximum atomic E-state index is 13.0. The molecule has 0 unspecified atom stereocenters. The zero-order valence-corrected chi connectivity index (χ0v) is 24.8. The number of alkyl halides is 3. The molecule has 0 aliphatic rings. The summed E-state index contributed by atoms with van der Waals surface area (Å²) in [6.45, 7) is 1.85. The minimum absolute atomic E-state index is 0.121. The summed E-state index contributed by atoms with van der Waals surface area (Å²) in [4.78, 5) is 38.0. The van der Waals surface area contributed by atoms with Gasteiger partial charge in [0.15, 0.2) is 5.75 Å². The number of carbonyl (C=O) groups excluding carboxylic acids is 3. The number of ether oxygens (including phenoxy) is 1. The summed E-state index contributed by atoms with van der Waals surface area (Å²) < 4.78 is 45.7. The molecule has 0 radical (unpaired) electrons. The van der Waals surface area contributed by atoms with Crippen molar-refractivity contribution in [2.45, 2.75) is 13.1 Å². The van der Waals surface area contributed by atoms with Gasteiger partial charge in [-0.25, -0.2) is 10.2 Å². The molecule has 0 aliphatic carbocycles. The number of rotatable bonds is 7. The molecule has 0 aliphatic heterocycles. The normalized spacial score (nSPS) is 11.3. The molecule has 0 aromatic heterocycles. The second-order valence-electron chi connectivity index (χ2n) is 8.88. The van der Waals surface area contributed by atoms with Crippen molar-refractivity contribution in [3.63, 3.8) is 0 Å². The fraction of sp³-hybridized carbons (Fsp3) is 0.0667. The number of esters is 1. The van der Waals surface area contributed by atoms with E-state index in [2.05, 4.69) is 47.7 Å². The van der Waals surface area contributed by atoms with E-state index in [1.54, 1.807) is 30.3 Å². The Morgan fingerprint density at radius 2 is 1.50 bits per heavy atom. The molecule has 4 aromatic carbocycles. The molecule has 214 valence electrons. The number of halogens is 5. The number of anilines is 1. The fourth-order valence-electron chi connectivity index (χ4n) is 3.71. The predicted octanol–water partition coefficient (Wildman–Crippen LogP) is 7.77. The monoisotopic (exact) mass is 701 g/mol. The van der Waals surface area contributed by atoms with Crippen LogP contribution < -0.4 is 15.5 Å². The maximum absolute atomic E-state index is 13.0. The summed E-state index contributed by atoms with van der Waals surface area (Å²) in [6, 6.07) is 20.0. The van der Waals surface area contributed by atoms with Gasteiger partial charge in [-0.05, 0) is 83.5 Å². The Hall–Kier alpha value is -4.29. The van der Waals surface area contributed by atoms with E-state index in [-0.39, 0.29) is 22.6 Å². The van der Waals surface area contributed by atoms with E-state index in [0.717, 1.165) is 23.8 Å². The highest BCUT2D eigenvalue weighted by atomic mass is 79.9. The number of aryl methyl sites for hydroxylation is 1. The third-order valence-electron chi connectivity index (χ3n) is 5.69. The molecule has 42 heavy (non-hydrogen) atoms. The van der Waals surface area contributed by atoms with Gasteiger partial charge in [0.1, 0.15) is 0 Å². The zero-order chi connectivity index (χ0) is 30.4. The third kappa shape index (κ3) is 7.92. The minimum Gasteiger partial charge on any atom is -0.421 e. The van der Waals surface area contributed by atoms with Crippen LogP contribution in [0.15, 0.2) is 99.0 Å². The first kappa shape index (κ1) is 30.7. The molecule has 2 N–H and O–H groups in total. The van der Waals surface area contributed by atoms with E-state index in [1.807, 2.05) is 13.0 Å². The van der Waals surface area contributed by atoms with Crippen LogP contribution in [0.2, 0.25) is 0 Å². The lowest BCUT2D eigenvalue weighted by atomic mass is 10.1. The standard InChI is InChI=1S/C30H20Br2F3N3O4/c1-17-5-2-8-20(11-17)29(41)42-26-21(13-23(31)15-25(26)32)16-36-38-28(40)19-7-4-10-24(14-19)37-27(39)18-6-3-9-22(12-18)30(33,34)35/h2-16H,1H3,(H,37,39)(H,38,40). The molecular formula is C30H20Br2F3N3O4. The van der Waals surface area contributed by atoms with Crippen molar-refractivity contribution in [2.24, 2.45) is 5.10 Å². The molecule has 0 spiro atoms. The second-order valence-corrected chi connectivity index (χ2v) is 10.6. The van der Waals surface area contributed by atoms with Crippen LogP contribution in [0.1, 0.15) is 47.8 Å². The number of nitrogens with zero attached hydrogens (tertiary/aromatic N) is 1. The molecule has 0 fully saturated rings. The average Bonchev–Trinajstić information content (AvgIpc) is 2.94. The van der Waals surface area contributed by atoms with E-state index >= 15 is 0 Å². The lowest BCUT2D eigenvalue weighted by Gasteiger charge is -2.11. The van der Waals surface area contributed by atoms with Gasteiger partial charge in [-0.2, -0.15) is 18.3 Å². The quantitative estimate of drug-likeness (QED) is 0.0890. The summed E-state index contributed by atoms with van der Waals surface area (Å²) in [5.41, 5.74) is 3.16. The van der Waals surface area contributed by atoms with E-state index in [1.165, 1.54) is 36.5 Å². The van der Waals surface area contributed by atoms with Crippen molar-refractivity contribution in [3.8, 4) is 5.75 Å². The van der Waals surface area contributed by atoms with E-state index in [0.29, 0.717) is 20.1 Å². The molecule has 0 heterocycles. The summed E-state index contributed by atoms with van der Waals surface area (Å²) in [5.74, 6) is -1.80. The van der Waals surface area contributed by atoms with Gasteiger partial charge < -0.3 is 10.1 Å². The van der Waals surface area contributed by atoms with Crippen molar-refractivity contribution < 1.29 is 32.3 Å². The lowest BCUT2D eigenvalue weighted by molar-refractivity contribution is -0.137. The summed E-state index contributed by atoms with van der Waals surface area (Å²) in [7, 11) is 0. The van der Waals surface area contributed by atoms with E-state index in [9.17, 15) is 27.6 Å². The van der Waals surface area contributed by atoms with Crippen LogP contribution >= 0.6 is 31.9 Å². The molecule has 0 atom stereocenters. The van der Waals surface area contributed by atoms with Crippen molar-refractivity contribution in [3.05, 3.63) is 127 Å². The van der Waals surface area contributed by atoms with Crippen LogP contribution in [0.4, 0.5) is 18.9 Å². The van der Waals surface area contributed by atoms with Crippen LogP contribution in [-0.4, -0.2) is 24.0 Å². The van der Waals surface area contributed by atoms with Crippen LogP contribution in [0, 0.1) is 6.92 Å². The Balaban J connectivity index is 1.46. The van der Waals surface area contributed by atoms with Crippen molar-refractivity contribution in [1.29, 1.82) is 0 Å². The van der Waals surface area contributed by atoms with Gasteiger partial charge in [-0.3, -0.25) is 9.59 Å². The first-order valence-electron chi connectivity index (χ1n) is 12.1. The lowest BCUT2D eigenvalue weighted by Crippen LogP contribution is -2.19. The first-order chi connectivity index (χ1) is 19.9. The van der Waals surface area contributed by atoms with Crippen LogP contribution in [-0.2, 0) is 6.18 Å². The van der Waals surface area contributed by atoms with Gasteiger partial charge in [0.25, 0.3) is 11.8 Å².